The molecule has 0 saturated carbocycles. The highest BCUT2D eigenvalue weighted by Gasteiger charge is 2.02. The Morgan fingerprint density at radius 2 is 1.93 bits per heavy atom. The molecule has 0 heterocycles. The quantitative estimate of drug-likeness (QED) is 0.599. The second-order valence-electron chi connectivity index (χ2n) is 2.50. The van der Waals surface area contributed by atoms with E-state index in [1.807, 2.05) is 30.3 Å². The molecule has 0 fully saturated rings. The Balaban J connectivity index is 2.84. The van der Waals surface area contributed by atoms with Crippen LogP contribution in [0.2, 0.25) is 0 Å². The van der Waals surface area contributed by atoms with E-state index >= 15 is 0 Å². The monoisotopic (exact) mass is 208 g/mol. The maximum Gasteiger partial charge on any atom is 0.349 e. The second kappa shape index (κ2) is 5.14. The van der Waals surface area contributed by atoms with Crippen molar-refractivity contribution < 1.29 is 14.1 Å². The summed E-state index contributed by atoms with van der Waals surface area (Å²) in [5.41, 5.74) is 0.861. The van der Waals surface area contributed by atoms with Gasteiger partial charge in [-0.1, -0.05) is 36.4 Å². The minimum absolute atomic E-state index is 0.0224. The Morgan fingerprint density at radius 3 is 2.43 bits per heavy atom. The van der Waals surface area contributed by atoms with Crippen molar-refractivity contribution in [3.8, 4) is 0 Å². The largest absolute Gasteiger partial charge is 0.477 e. The molecule has 72 valence electrons. The lowest BCUT2D eigenvalue weighted by molar-refractivity contribution is -0.129. The van der Waals surface area contributed by atoms with E-state index < -0.39 is 5.97 Å². The molecule has 0 atom stereocenters. The van der Waals surface area contributed by atoms with Crippen LogP contribution in [0.15, 0.2) is 36.4 Å². The first-order valence-corrected chi connectivity index (χ1v) is 4.61. The minimum atomic E-state index is -1.20. The van der Waals surface area contributed by atoms with Gasteiger partial charge in [0.05, 0.1) is 0 Å². The fourth-order valence-electron chi connectivity index (χ4n) is 0.871. The van der Waals surface area contributed by atoms with Gasteiger partial charge < -0.3 is 5.11 Å². The SMILES string of the molecule is O=S=C(C=Cc1ccccc1)C(=O)O. The zero-order valence-electron chi connectivity index (χ0n) is 7.21. The van der Waals surface area contributed by atoms with E-state index in [9.17, 15) is 9.00 Å². The molecule has 3 nitrogen and oxygen atoms in total. The van der Waals surface area contributed by atoms with Gasteiger partial charge in [0, 0.05) is 0 Å². The van der Waals surface area contributed by atoms with Gasteiger partial charge in [-0.25, -0.2) is 9.00 Å². The third kappa shape index (κ3) is 2.99. The van der Waals surface area contributed by atoms with Crippen molar-refractivity contribution in [3.63, 3.8) is 0 Å². The van der Waals surface area contributed by atoms with Gasteiger partial charge >= 0.3 is 5.97 Å². The lowest BCUT2D eigenvalue weighted by atomic mass is 10.2. The van der Waals surface area contributed by atoms with Crippen LogP contribution in [0.1, 0.15) is 5.56 Å². The molecule has 0 bridgehead atoms. The van der Waals surface area contributed by atoms with Crippen LogP contribution in [0.25, 0.3) is 6.08 Å². The van der Waals surface area contributed by atoms with Crippen molar-refractivity contribution in [2.75, 3.05) is 0 Å². The Bertz CT molecular complexity index is 403. The van der Waals surface area contributed by atoms with Crippen LogP contribution >= 0.6 is 0 Å². The standard InChI is InChI=1S/C10H8O3S/c11-10(12)9(14-13)7-6-8-4-2-1-3-5-8/h1-7H,(H,11,12). The first-order valence-electron chi connectivity index (χ1n) is 3.87. The van der Waals surface area contributed by atoms with Gasteiger partial charge in [0.2, 0.25) is 0 Å². The highest BCUT2D eigenvalue weighted by Crippen LogP contribution is 2.00. The van der Waals surface area contributed by atoms with Gasteiger partial charge in [0.15, 0.2) is 4.86 Å². The number of hydrogen-bond acceptors (Lipinski definition) is 2. The molecule has 0 amide bonds. The lowest BCUT2D eigenvalue weighted by Crippen LogP contribution is -2.08. The summed E-state index contributed by atoms with van der Waals surface area (Å²) in [6, 6.07) is 9.19. The van der Waals surface area contributed by atoms with Gasteiger partial charge in [0.1, 0.15) is 11.3 Å². The molecule has 1 rings (SSSR count). The molecule has 0 aliphatic carbocycles. The van der Waals surface area contributed by atoms with Crippen LogP contribution < -0.4 is 0 Å². The van der Waals surface area contributed by atoms with Crippen molar-refractivity contribution >= 4 is 28.2 Å². The predicted molar refractivity (Wildman–Crippen MR) is 56.3 cm³/mol. The van der Waals surface area contributed by atoms with Crippen molar-refractivity contribution in [3.05, 3.63) is 42.0 Å². The molecule has 4 heteroatoms. The lowest BCUT2D eigenvalue weighted by Gasteiger charge is -1.90. The average Bonchev–Trinajstić information content (AvgIpc) is 2.20. The second-order valence-corrected chi connectivity index (χ2v) is 3.10. The van der Waals surface area contributed by atoms with E-state index in [-0.39, 0.29) is 16.1 Å². The fourth-order valence-corrected chi connectivity index (χ4v) is 1.07. The zero-order chi connectivity index (χ0) is 10.4. The maximum atomic E-state index is 10.4. The number of carboxylic acids is 1. The maximum absolute atomic E-state index is 10.4. The van der Waals surface area contributed by atoms with E-state index in [0.29, 0.717) is 0 Å². The van der Waals surface area contributed by atoms with Crippen molar-refractivity contribution in [2.24, 2.45) is 0 Å². The zero-order valence-corrected chi connectivity index (χ0v) is 8.03. The molecule has 14 heavy (non-hydrogen) atoms. The molecule has 0 spiro atoms. The summed E-state index contributed by atoms with van der Waals surface area (Å²) in [7, 11) is 0. The average molecular weight is 208 g/mol. The van der Waals surface area contributed by atoms with Gasteiger partial charge in [-0.05, 0) is 11.6 Å². The summed E-state index contributed by atoms with van der Waals surface area (Å²) in [5, 5.41) is 8.54. The van der Waals surface area contributed by atoms with Crippen LogP contribution in [0.3, 0.4) is 0 Å². The van der Waals surface area contributed by atoms with Crippen LogP contribution in [-0.2, 0) is 16.1 Å². The molecule has 1 N–H and O–H groups in total. The van der Waals surface area contributed by atoms with Crippen LogP contribution in [0.4, 0.5) is 0 Å². The third-order valence-corrected chi connectivity index (χ3v) is 2.02. The summed E-state index contributed by atoms with van der Waals surface area (Å²) in [4.78, 5) is 10.2. The number of hydrogen-bond donors (Lipinski definition) is 1. The minimum Gasteiger partial charge on any atom is -0.477 e. The van der Waals surface area contributed by atoms with E-state index in [4.69, 9.17) is 5.11 Å². The van der Waals surface area contributed by atoms with E-state index in [1.54, 1.807) is 6.08 Å². The summed E-state index contributed by atoms with van der Waals surface area (Å²) < 4.78 is 10.3. The molecule has 1 aromatic carbocycles. The Hall–Kier alpha value is -1.68. The van der Waals surface area contributed by atoms with Gasteiger partial charge in [-0.3, -0.25) is 0 Å². The molecule has 0 aromatic heterocycles. The number of aliphatic carboxylic acids is 1. The normalized spacial score (nSPS) is 10.0. The van der Waals surface area contributed by atoms with Crippen molar-refractivity contribution in [1.29, 1.82) is 0 Å². The highest BCUT2D eigenvalue weighted by molar-refractivity contribution is 7.69. The fraction of sp³-hybridized carbons (Fsp3) is 0. The Kier molecular flexibility index (Phi) is 3.82. The molecule has 1 aromatic rings. The molecule has 0 aliphatic heterocycles. The topological polar surface area (TPSA) is 54.4 Å². The molecular formula is C10H8O3S. The summed E-state index contributed by atoms with van der Waals surface area (Å²) >= 11 is -0.0224. The smallest absolute Gasteiger partial charge is 0.349 e. The third-order valence-electron chi connectivity index (χ3n) is 1.53. The van der Waals surface area contributed by atoms with E-state index in [2.05, 4.69) is 0 Å². The number of rotatable bonds is 3. The molecule has 0 aliphatic rings. The molecule has 0 unspecified atom stereocenters. The number of benzene rings is 1. The van der Waals surface area contributed by atoms with E-state index in [0.717, 1.165) is 5.56 Å². The van der Waals surface area contributed by atoms with Gasteiger partial charge in [0.25, 0.3) is 0 Å². The van der Waals surface area contributed by atoms with Crippen molar-refractivity contribution in [1.82, 2.24) is 0 Å². The first kappa shape index (κ1) is 10.4. The highest BCUT2D eigenvalue weighted by atomic mass is 32.1. The van der Waals surface area contributed by atoms with Crippen LogP contribution in [0.5, 0.6) is 0 Å². The van der Waals surface area contributed by atoms with Crippen LogP contribution in [0, 0.1) is 0 Å². The molecule has 0 radical (unpaired) electrons. The van der Waals surface area contributed by atoms with Crippen molar-refractivity contribution in [2.45, 2.75) is 0 Å². The summed E-state index contributed by atoms with van der Waals surface area (Å²) in [5.74, 6) is -1.20. The predicted octanol–water partition coefficient (Wildman–Crippen LogP) is 1.17. The first-order chi connectivity index (χ1) is 6.74. The van der Waals surface area contributed by atoms with Gasteiger partial charge in [-0.2, -0.15) is 0 Å². The molecule has 0 saturated heterocycles. The summed E-state index contributed by atoms with van der Waals surface area (Å²) in [6.07, 6.45) is 2.89. The number of carboxylic acid groups (broad SMARTS) is 1. The Labute approximate surface area is 84.8 Å². The number of carbonyl (C=O) groups is 1. The van der Waals surface area contributed by atoms with Crippen LogP contribution in [-0.4, -0.2) is 20.1 Å². The molecular weight excluding hydrogens is 200 g/mol. The Morgan fingerprint density at radius 1 is 1.29 bits per heavy atom. The summed E-state index contributed by atoms with van der Waals surface area (Å²) in [6.45, 7) is 0. The van der Waals surface area contributed by atoms with Gasteiger partial charge in [-0.15, -0.1) is 0 Å². The van der Waals surface area contributed by atoms with E-state index in [1.165, 1.54) is 6.08 Å².